The van der Waals surface area contributed by atoms with Crippen LogP contribution < -0.4 is 10.4 Å². The Morgan fingerprint density at radius 3 is 2.63 bits per heavy atom. The summed E-state index contributed by atoms with van der Waals surface area (Å²) in [6.45, 7) is 1.41. The van der Waals surface area contributed by atoms with Gasteiger partial charge in [-0.25, -0.2) is 4.79 Å². The summed E-state index contributed by atoms with van der Waals surface area (Å²) in [4.78, 5) is 22.7. The van der Waals surface area contributed by atoms with Crippen LogP contribution in [-0.4, -0.2) is 23.3 Å². The minimum Gasteiger partial charge on any atom is -0.507 e. The first-order valence-electron chi connectivity index (χ1n) is 5.51. The standard InChI is InChI=1S/C13H12O6/c1-6(12(15)16)10-4-7-3-8(18-2)5-9(14)11(7)13(17)19-10/h3-6,14H,1-2H3,(H,15,16)/t6-/m1/s1. The van der Waals surface area contributed by atoms with Crippen molar-refractivity contribution in [1.82, 2.24) is 0 Å². The van der Waals surface area contributed by atoms with Gasteiger partial charge in [-0.05, 0) is 24.4 Å². The summed E-state index contributed by atoms with van der Waals surface area (Å²) in [5.41, 5.74) is -0.777. The van der Waals surface area contributed by atoms with E-state index in [9.17, 15) is 14.7 Å². The molecule has 2 aromatic rings. The number of aliphatic carboxylic acids is 1. The Bertz CT molecular complexity index is 700. The highest BCUT2D eigenvalue weighted by Gasteiger charge is 2.19. The van der Waals surface area contributed by atoms with Crippen molar-refractivity contribution in [1.29, 1.82) is 0 Å². The van der Waals surface area contributed by atoms with Gasteiger partial charge in [-0.1, -0.05) is 0 Å². The van der Waals surface area contributed by atoms with Crippen LogP contribution >= 0.6 is 0 Å². The summed E-state index contributed by atoms with van der Waals surface area (Å²) in [6.07, 6.45) is 0. The molecule has 1 heterocycles. The molecule has 1 aromatic heterocycles. The summed E-state index contributed by atoms with van der Waals surface area (Å²) < 4.78 is 9.91. The van der Waals surface area contributed by atoms with Crippen molar-refractivity contribution in [3.63, 3.8) is 0 Å². The Balaban J connectivity index is 2.75. The number of aromatic hydroxyl groups is 1. The Morgan fingerprint density at radius 1 is 1.37 bits per heavy atom. The predicted molar refractivity (Wildman–Crippen MR) is 66.8 cm³/mol. The lowest BCUT2D eigenvalue weighted by Gasteiger charge is -2.08. The Kier molecular flexibility index (Phi) is 3.16. The van der Waals surface area contributed by atoms with E-state index in [1.807, 2.05) is 0 Å². The zero-order valence-corrected chi connectivity index (χ0v) is 10.3. The van der Waals surface area contributed by atoms with Gasteiger partial charge in [-0.3, -0.25) is 4.79 Å². The number of carbonyl (C=O) groups is 1. The van der Waals surface area contributed by atoms with Gasteiger partial charge in [-0.15, -0.1) is 0 Å². The molecule has 0 aliphatic rings. The highest BCUT2D eigenvalue weighted by molar-refractivity contribution is 5.89. The molecule has 6 nitrogen and oxygen atoms in total. The molecule has 0 saturated carbocycles. The SMILES string of the molecule is COc1cc(O)c2c(=O)oc([C@@H](C)C(=O)O)cc2c1. The second-order valence-electron chi connectivity index (χ2n) is 4.11. The van der Waals surface area contributed by atoms with Gasteiger partial charge in [0.2, 0.25) is 0 Å². The number of carboxylic acids is 1. The molecule has 6 heteroatoms. The molecule has 0 unspecified atom stereocenters. The first-order valence-corrected chi connectivity index (χ1v) is 5.51. The van der Waals surface area contributed by atoms with E-state index in [4.69, 9.17) is 14.3 Å². The van der Waals surface area contributed by atoms with E-state index >= 15 is 0 Å². The third-order valence-corrected chi connectivity index (χ3v) is 2.87. The number of phenolic OH excluding ortho intramolecular Hbond substituents is 1. The zero-order valence-electron chi connectivity index (χ0n) is 10.3. The van der Waals surface area contributed by atoms with E-state index in [-0.39, 0.29) is 16.9 Å². The predicted octanol–water partition coefficient (Wildman–Crippen LogP) is 1.70. The number of benzene rings is 1. The molecule has 0 aliphatic carbocycles. The normalized spacial score (nSPS) is 12.3. The van der Waals surface area contributed by atoms with Crippen molar-refractivity contribution in [2.75, 3.05) is 7.11 Å². The number of phenols is 1. The monoisotopic (exact) mass is 264 g/mol. The van der Waals surface area contributed by atoms with Gasteiger partial charge >= 0.3 is 11.6 Å². The molecular formula is C13H12O6. The van der Waals surface area contributed by atoms with Gasteiger partial charge < -0.3 is 19.4 Å². The van der Waals surface area contributed by atoms with E-state index in [0.717, 1.165) is 0 Å². The van der Waals surface area contributed by atoms with Gasteiger partial charge in [0.25, 0.3) is 0 Å². The van der Waals surface area contributed by atoms with Crippen LogP contribution in [0.15, 0.2) is 27.4 Å². The average molecular weight is 264 g/mol. The highest BCUT2D eigenvalue weighted by Crippen LogP contribution is 2.29. The molecule has 0 saturated heterocycles. The second kappa shape index (κ2) is 4.64. The number of hydrogen-bond acceptors (Lipinski definition) is 5. The minimum absolute atomic E-state index is 0.00198. The Labute approximate surface area is 107 Å². The molecule has 0 radical (unpaired) electrons. The number of ether oxygens (including phenoxy) is 1. The molecule has 19 heavy (non-hydrogen) atoms. The van der Waals surface area contributed by atoms with E-state index in [1.165, 1.54) is 32.2 Å². The van der Waals surface area contributed by atoms with Crippen molar-refractivity contribution < 1.29 is 24.2 Å². The van der Waals surface area contributed by atoms with Gasteiger partial charge in [0.15, 0.2) is 0 Å². The van der Waals surface area contributed by atoms with E-state index in [2.05, 4.69) is 0 Å². The molecule has 0 spiro atoms. The fourth-order valence-corrected chi connectivity index (χ4v) is 1.75. The van der Waals surface area contributed by atoms with Crippen LogP contribution in [0.5, 0.6) is 11.5 Å². The smallest absolute Gasteiger partial charge is 0.347 e. The summed E-state index contributed by atoms with van der Waals surface area (Å²) >= 11 is 0. The molecule has 100 valence electrons. The van der Waals surface area contributed by atoms with Crippen molar-refractivity contribution in [3.05, 3.63) is 34.4 Å². The van der Waals surface area contributed by atoms with Gasteiger partial charge in [0.1, 0.15) is 28.6 Å². The quantitative estimate of drug-likeness (QED) is 0.875. The maximum Gasteiger partial charge on any atom is 0.347 e. The van der Waals surface area contributed by atoms with Crippen LogP contribution in [0.4, 0.5) is 0 Å². The lowest BCUT2D eigenvalue weighted by Crippen LogP contribution is -2.11. The number of hydrogen-bond donors (Lipinski definition) is 2. The van der Waals surface area contributed by atoms with Crippen LogP contribution in [-0.2, 0) is 4.79 Å². The third kappa shape index (κ3) is 2.24. The molecule has 0 fully saturated rings. The third-order valence-electron chi connectivity index (χ3n) is 2.87. The molecular weight excluding hydrogens is 252 g/mol. The fourth-order valence-electron chi connectivity index (χ4n) is 1.75. The van der Waals surface area contributed by atoms with Crippen LogP contribution in [0.3, 0.4) is 0 Å². The van der Waals surface area contributed by atoms with E-state index in [1.54, 1.807) is 0 Å². The molecule has 1 aromatic carbocycles. The highest BCUT2D eigenvalue weighted by atomic mass is 16.5. The van der Waals surface area contributed by atoms with Crippen molar-refractivity contribution in [2.24, 2.45) is 0 Å². The van der Waals surface area contributed by atoms with Crippen molar-refractivity contribution in [3.8, 4) is 11.5 Å². The van der Waals surface area contributed by atoms with Crippen molar-refractivity contribution in [2.45, 2.75) is 12.8 Å². The van der Waals surface area contributed by atoms with Gasteiger partial charge in [-0.2, -0.15) is 0 Å². The summed E-state index contributed by atoms with van der Waals surface area (Å²) in [5.74, 6) is -1.93. The number of carboxylic acid groups (broad SMARTS) is 1. The lowest BCUT2D eigenvalue weighted by atomic mass is 10.1. The largest absolute Gasteiger partial charge is 0.507 e. The molecule has 0 bridgehead atoms. The number of fused-ring (bicyclic) bond motifs is 1. The summed E-state index contributed by atoms with van der Waals surface area (Å²) in [5, 5.41) is 19.0. The van der Waals surface area contributed by atoms with Crippen LogP contribution in [0.25, 0.3) is 10.8 Å². The summed E-state index contributed by atoms with van der Waals surface area (Å²) in [6, 6.07) is 4.24. The minimum atomic E-state index is -1.10. The average Bonchev–Trinajstić information content (AvgIpc) is 2.36. The summed E-state index contributed by atoms with van der Waals surface area (Å²) in [7, 11) is 1.42. The van der Waals surface area contributed by atoms with Gasteiger partial charge in [0.05, 0.1) is 7.11 Å². The lowest BCUT2D eigenvalue weighted by molar-refractivity contribution is -0.138. The Morgan fingerprint density at radius 2 is 2.05 bits per heavy atom. The maximum absolute atomic E-state index is 11.8. The van der Waals surface area contributed by atoms with Crippen LogP contribution in [0, 0.1) is 0 Å². The molecule has 0 aliphatic heterocycles. The number of methoxy groups -OCH3 is 1. The van der Waals surface area contributed by atoms with Crippen LogP contribution in [0.2, 0.25) is 0 Å². The topological polar surface area (TPSA) is 97.0 Å². The van der Waals surface area contributed by atoms with Crippen molar-refractivity contribution >= 4 is 16.7 Å². The van der Waals surface area contributed by atoms with Gasteiger partial charge in [0, 0.05) is 6.07 Å². The Hall–Kier alpha value is -2.50. The second-order valence-corrected chi connectivity index (χ2v) is 4.11. The van der Waals surface area contributed by atoms with E-state index in [0.29, 0.717) is 11.1 Å². The molecule has 2 N–H and O–H groups in total. The fraction of sp³-hybridized carbons (Fsp3) is 0.231. The molecule has 2 rings (SSSR count). The maximum atomic E-state index is 11.8. The molecule has 0 amide bonds. The van der Waals surface area contributed by atoms with Crippen LogP contribution in [0.1, 0.15) is 18.6 Å². The molecule has 1 atom stereocenters. The first-order chi connectivity index (χ1) is 8.93. The van der Waals surface area contributed by atoms with E-state index < -0.39 is 17.5 Å². The first kappa shape index (κ1) is 12.9. The number of rotatable bonds is 3. The zero-order chi connectivity index (χ0) is 14.2.